The molecule has 0 fully saturated rings. The number of aromatic nitrogens is 4. The minimum Gasteiger partial charge on any atom is -0.493 e. The number of benzene rings is 1. The van der Waals surface area contributed by atoms with Gasteiger partial charge in [-0.1, -0.05) is 34.1 Å². The number of halogens is 1. The Bertz CT molecular complexity index is 839. The van der Waals surface area contributed by atoms with Crippen molar-refractivity contribution in [3.63, 3.8) is 0 Å². The maximum absolute atomic E-state index is 12.1. The van der Waals surface area contributed by atoms with Crippen LogP contribution in [0.25, 0.3) is 16.9 Å². The molecule has 1 aromatic carbocycles. The lowest BCUT2D eigenvalue weighted by Crippen LogP contribution is -2.13. The molecule has 2 aromatic heterocycles. The summed E-state index contributed by atoms with van der Waals surface area (Å²) in [5.41, 5.74) is 5.63. The maximum Gasteiger partial charge on any atom is 0.264 e. The molecule has 4 N–H and O–H groups in total. The van der Waals surface area contributed by atoms with Gasteiger partial charge in [0.1, 0.15) is 5.56 Å². The minimum atomic E-state index is -0.468. The number of hydrogen-bond donors (Lipinski definition) is 3. The Labute approximate surface area is 114 Å². The molecule has 3 rings (SSSR count). The molecule has 0 aliphatic carbocycles. The molecule has 0 radical (unpaired) electrons. The lowest BCUT2D eigenvalue weighted by molar-refractivity contribution is 0.437. The van der Waals surface area contributed by atoms with Crippen LogP contribution in [0.1, 0.15) is 0 Å². The third kappa shape index (κ3) is 1.76. The van der Waals surface area contributed by atoms with E-state index in [1.807, 2.05) is 6.07 Å². The number of anilines is 1. The first-order chi connectivity index (χ1) is 9.08. The van der Waals surface area contributed by atoms with E-state index >= 15 is 0 Å². The van der Waals surface area contributed by atoms with Crippen molar-refractivity contribution >= 4 is 27.7 Å². The van der Waals surface area contributed by atoms with Gasteiger partial charge in [-0.2, -0.15) is 9.50 Å². The van der Waals surface area contributed by atoms with Crippen molar-refractivity contribution in [1.82, 2.24) is 19.6 Å². The van der Waals surface area contributed by atoms with Crippen molar-refractivity contribution in [2.45, 2.75) is 0 Å². The molecule has 0 aliphatic rings. The van der Waals surface area contributed by atoms with Crippen molar-refractivity contribution < 1.29 is 5.11 Å². The number of H-pyrrole nitrogens is 1. The van der Waals surface area contributed by atoms with E-state index in [1.54, 1.807) is 18.2 Å². The lowest BCUT2D eigenvalue weighted by atomic mass is 10.1. The van der Waals surface area contributed by atoms with E-state index in [0.29, 0.717) is 10.0 Å². The van der Waals surface area contributed by atoms with E-state index in [-0.39, 0.29) is 23.2 Å². The monoisotopic (exact) mass is 321 g/mol. The van der Waals surface area contributed by atoms with Crippen LogP contribution in [0.15, 0.2) is 33.5 Å². The Morgan fingerprint density at radius 1 is 1.37 bits per heavy atom. The van der Waals surface area contributed by atoms with Crippen molar-refractivity contribution in [1.29, 1.82) is 0 Å². The largest absolute Gasteiger partial charge is 0.493 e. The van der Waals surface area contributed by atoms with Gasteiger partial charge in [0, 0.05) is 10.0 Å². The smallest absolute Gasteiger partial charge is 0.264 e. The van der Waals surface area contributed by atoms with Crippen molar-refractivity contribution in [3.8, 4) is 17.0 Å². The zero-order valence-electron chi connectivity index (χ0n) is 9.46. The van der Waals surface area contributed by atoms with Gasteiger partial charge in [0.05, 0.1) is 0 Å². The van der Waals surface area contributed by atoms with Crippen LogP contribution in [0, 0.1) is 0 Å². The third-order valence-corrected chi connectivity index (χ3v) is 3.33. The van der Waals surface area contributed by atoms with Crippen LogP contribution in [-0.4, -0.2) is 24.7 Å². The molecule has 0 unspecified atom stereocenters. The van der Waals surface area contributed by atoms with Crippen LogP contribution in [0.5, 0.6) is 5.88 Å². The van der Waals surface area contributed by atoms with Crippen LogP contribution < -0.4 is 11.3 Å². The van der Waals surface area contributed by atoms with Crippen LogP contribution >= 0.6 is 15.9 Å². The minimum absolute atomic E-state index is 0.0322. The van der Waals surface area contributed by atoms with Gasteiger partial charge in [-0.15, -0.1) is 5.10 Å². The highest BCUT2D eigenvalue weighted by Crippen LogP contribution is 2.31. The van der Waals surface area contributed by atoms with Gasteiger partial charge in [0.15, 0.2) is 0 Å². The summed E-state index contributed by atoms with van der Waals surface area (Å²) in [5, 5.41) is 14.0. The zero-order valence-corrected chi connectivity index (χ0v) is 11.0. The number of nitrogen functional groups attached to an aromatic ring is 1. The summed E-state index contributed by atoms with van der Waals surface area (Å²) in [6.45, 7) is 0. The molecule has 0 bridgehead atoms. The van der Waals surface area contributed by atoms with E-state index in [0.717, 1.165) is 4.52 Å². The number of fused-ring (bicyclic) bond motifs is 1. The number of nitrogens with two attached hydrogens (primary N) is 1. The van der Waals surface area contributed by atoms with Gasteiger partial charge in [-0.3, -0.25) is 9.78 Å². The standard InChI is InChI=1S/C11H8BrN5O2/c12-6-4-2-1-3-5(6)7-8(18)14-11-15-10(13)16-17(11)9(7)19/h1-4,19H,(H3,13,14,15,16,18). The van der Waals surface area contributed by atoms with Crippen molar-refractivity contribution in [2.24, 2.45) is 0 Å². The van der Waals surface area contributed by atoms with Crippen LogP contribution in [0.3, 0.4) is 0 Å². The highest BCUT2D eigenvalue weighted by Gasteiger charge is 2.17. The van der Waals surface area contributed by atoms with E-state index < -0.39 is 5.56 Å². The Morgan fingerprint density at radius 3 is 2.84 bits per heavy atom. The van der Waals surface area contributed by atoms with Crippen LogP contribution in [0.4, 0.5) is 5.95 Å². The topological polar surface area (TPSA) is 109 Å². The first kappa shape index (κ1) is 11.7. The SMILES string of the molecule is Nc1nc2[nH]c(=O)c(-c3ccccc3Br)c(O)n2n1. The zero-order chi connectivity index (χ0) is 13.6. The number of hydrogen-bond acceptors (Lipinski definition) is 5. The van der Waals surface area contributed by atoms with Gasteiger partial charge >= 0.3 is 0 Å². The predicted octanol–water partition coefficient (Wildman–Crippen LogP) is 1.13. The van der Waals surface area contributed by atoms with Crippen LogP contribution in [0.2, 0.25) is 0 Å². The fraction of sp³-hybridized carbons (Fsp3) is 0. The van der Waals surface area contributed by atoms with Crippen LogP contribution in [-0.2, 0) is 0 Å². The highest BCUT2D eigenvalue weighted by molar-refractivity contribution is 9.10. The number of nitrogens with zero attached hydrogens (tertiary/aromatic N) is 3. The molecule has 3 aromatic rings. The molecule has 0 saturated carbocycles. The summed E-state index contributed by atoms with van der Waals surface area (Å²) in [6.07, 6.45) is 0. The van der Waals surface area contributed by atoms with Gasteiger partial charge in [-0.05, 0) is 6.07 Å². The summed E-state index contributed by atoms with van der Waals surface area (Å²) in [5.74, 6) is -0.249. The number of aromatic hydroxyl groups is 1. The lowest BCUT2D eigenvalue weighted by Gasteiger charge is -2.06. The molecule has 2 heterocycles. The number of nitrogens with one attached hydrogen (secondary N) is 1. The quantitative estimate of drug-likeness (QED) is 0.622. The van der Waals surface area contributed by atoms with E-state index in [4.69, 9.17) is 5.73 Å². The molecule has 0 atom stereocenters. The molecular formula is C11H8BrN5O2. The van der Waals surface area contributed by atoms with Gasteiger partial charge < -0.3 is 10.8 Å². The van der Waals surface area contributed by atoms with Crippen molar-refractivity contribution in [2.75, 3.05) is 5.73 Å². The fourth-order valence-electron chi connectivity index (χ4n) is 1.83. The van der Waals surface area contributed by atoms with Crippen molar-refractivity contribution in [3.05, 3.63) is 39.1 Å². The van der Waals surface area contributed by atoms with E-state index in [9.17, 15) is 9.90 Å². The Morgan fingerprint density at radius 2 is 2.11 bits per heavy atom. The number of aromatic amines is 1. The predicted molar refractivity (Wildman–Crippen MR) is 72.8 cm³/mol. The molecule has 0 saturated heterocycles. The fourth-order valence-corrected chi connectivity index (χ4v) is 2.32. The molecule has 19 heavy (non-hydrogen) atoms. The summed E-state index contributed by atoms with van der Waals surface area (Å²) >= 11 is 3.34. The Kier molecular flexibility index (Phi) is 2.53. The second-order valence-corrected chi connectivity index (χ2v) is 4.69. The second kappa shape index (κ2) is 4.09. The molecule has 7 nitrogen and oxygen atoms in total. The summed E-state index contributed by atoms with van der Waals surface area (Å²) in [4.78, 5) is 18.4. The highest BCUT2D eigenvalue weighted by atomic mass is 79.9. The first-order valence-corrected chi connectivity index (χ1v) is 6.09. The average Bonchev–Trinajstić information content (AvgIpc) is 2.72. The van der Waals surface area contributed by atoms with Gasteiger partial charge in [0.2, 0.25) is 17.6 Å². The average molecular weight is 322 g/mol. The molecule has 96 valence electrons. The normalized spacial score (nSPS) is 11.0. The second-order valence-electron chi connectivity index (χ2n) is 3.84. The first-order valence-electron chi connectivity index (χ1n) is 5.30. The van der Waals surface area contributed by atoms with Gasteiger partial charge in [0.25, 0.3) is 5.56 Å². The summed E-state index contributed by atoms with van der Waals surface area (Å²) < 4.78 is 1.77. The Hall–Kier alpha value is -2.35. The summed E-state index contributed by atoms with van der Waals surface area (Å²) in [6, 6.07) is 7.05. The molecule has 0 spiro atoms. The third-order valence-electron chi connectivity index (χ3n) is 2.64. The molecule has 0 amide bonds. The molecular weight excluding hydrogens is 314 g/mol. The number of rotatable bonds is 1. The maximum atomic E-state index is 12.1. The van der Waals surface area contributed by atoms with Gasteiger partial charge in [-0.25, -0.2) is 0 Å². The van der Waals surface area contributed by atoms with E-state index in [2.05, 4.69) is 31.0 Å². The molecule has 0 aliphatic heterocycles. The Balaban J connectivity index is 2.42. The molecule has 8 heteroatoms. The van der Waals surface area contributed by atoms with E-state index in [1.165, 1.54) is 0 Å². The summed E-state index contributed by atoms with van der Waals surface area (Å²) in [7, 11) is 0.